The summed E-state index contributed by atoms with van der Waals surface area (Å²) in [6, 6.07) is 11.4. The highest BCUT2D eigenvalue weighted by Crippen LogP contribution is 2.43. The Bertz CT molecular complexity index is 966. The lowest BCUT2D eigenvalue weighted by atomic mass is 9.83. The number of thioether (sulfide) groups is 1. The molecular formula is C23H24ClN3O2S. The van der Waals surface area contributed by atoms with Crippen molar-refractivity contribution in [3.63, 3.8) is 0 Å². The minimum absolute atomic E-state index is 0.00223. The lowest BCUT2D eigenvalue weighted by molar-refractivity contribution is -0.132. The number of halogens is 1. The van der Waals surface area contributed by atoms with Gasteiger partial charge in [-0.3, -0.25) is 14.6 Å². The maximum absolute atomic E-state index is 13.0. The van der Waals surface area contributed by atoms with Gasteiger partial charge in [0.2, 0.25) is 5.91 Å². The molecule has 1 N–H and O–H groups in total. The largest absolute Gasteiger partial charge is 0.352 e. The SMILES string of the molecule is CN1C(=O)/C(=C/c2ccccc2Cl)SC2CCC(C(=O)NCc3cccnc3)CC21. The standard InChI is InChI=1S/C23H24ClN3O2S/c1-27-19-11-17(22(28)26-14-15-5-4-10-25-13-15)8-9-20(19)30-21(23(27)29)12-16-6-2-3-7-18(16)24/h2-7,10,12-13,17,19-20H,8-9,11,14H2,1H3,(H,26,28)/b21-12-. The monoisotopic (exact) mass is 441 g/mol. The van der Waals surface area contributed by atoms with Crippen LogP contribution in [0.25, 0.3) is 6.08 Å². The van der Waals surface area contributed by atoms with Crippen LogP contribution in [-0.4, -0.2) is 40.0 Å². The van der Waals surface area contributed by atoms with Crippen molar-refractivity contribution in [1.82, 2.24) is 15.2 Å². The maximum Gasteiger partial charge on any atom is 0.260 e. The van der Waals surface area contributed by atoms with Crippen molar-refractivity contribution >= 4 is 41.3 Å². The Labute approximate surface area is 185 Å². The zero-order valence-electron chi connectivity index (χ0n) is 16.8. The van der Waals surface area contributed by atoms with E-state index in [2.05, 4.69) is 10.3 Å². The normalized spacial score (nSPS) is 25.1. The number of carbonyl (C=O) groups excluding carboxylic acids is 2. The molecule has 156 valence electrons. The molecule has 5 nitrogen and oxygen atoms in total. The van der Waals surface area contributed by atoms with Gasteiger partial charge in [-0.15, -0.1) is 11.8 Å². The first-order valence-electron chi connectivity index (χ1n) is 10.1. The topological polar surface area (TPSA) is 62.3 Å². The van der Waals surface area contributed by atoms with Crippen LogP contribution in [0.15, 0.2) is 53.7 Å². The molecule has 2 heterocycles. The van der Waals surface area contributed by atoms with Crippen molar-refractivity contribution in [2.45, 2.75) is 37.1 Å². The first kappa shape index (κ1) is 20.9. The van der Waals surface area contributed by atoms with Crippen molar-refractivity contribution in [1.29, 1.82) is 0 Å². The third-order valence-electron chi connectivity index (χ3n) is 5.81. The molecule has 1 aliphatic carbocycles. The molecule has 0 radical (unpaired) electrons. The van der Waals surface area contributed by atoms with Crippen molar-refractivity contribution in [3.8, 4) is 0 Å². The van der Waals surface area contributed by atoms with E-state index in [-0.39, 0.29) is 23.8 Å². The zero-order valence-corrected chi connectivity index (χ0v) is 18.3. The summed E-state index contributed by atoms with van der Waals surface area (Å²) in [6.07, 6.45) is 7.78. The fourth-order valence-electron chi connectivity index (χ4n) is 4.11. The first-order valence-corrected chi connectivity index (χ1v) is 11.4. The number of nitrogens with one attached hydrogen (secondary N) is 1. The number of aromatic nitrogens is 1. The average molecular weight is 442 g/mol. The fourth-order valence-corrected chi connectivity index (χ4v) is 5.77. The minimum atomic E-state index is -0.0760. The van der Waals surface area contributed by atoms with Gasteiger partial charge in [0.05, 0.1) is 4.91 Å². The highest BCUT2D eigenvalue weighted by Gasteiger charge is 2.42. The van der Waals surface area contributed by atoms with Crippen molar-refractivity contribution in [3.05, 3.63) is 69.8 Å². The van der Waals surface area contributed by atoms with Crippen molar-refractivity contribution in [2.75, 3.05) is 7.05 Å². The Morgan fingerprint density at radius 1 is 1.30 bits per heavy atom. The summed E-state index contributed by atoms with van der Waals surface area (Å²) >= 11 is 7.89. The van der Waals surface area contributed by atoms with E-state index in [4.69, 9.17) is 11.6 Å². The number of fused-ring (bicyclic) bond motifs is 1. The summed E-state index contributed by atoms with van der Waals surface area (Å²) in [5, 5.41) is 3.95. The quantitative estimate of drug-likeness (QED) is 0.724. The third-order valence-corrected chi connectivity index (χ3v) is 7.56. The van der Waals surface area contributed by atoms with Gasteiger partial charge in [-0.05, 0) is 48.6 Å². The molecule has 4 rings (SSSR count). The number of rotatable bonds is 4. The molecule has 1 aromatic heterocycles. The molecule has 1 aromatic carbocycles. The van der Waals surface area contributed by atoms with E-state index in [1.165, 1.54) is 0 Å². The molecule has 2 aromatic rings. The number of amides is 2. The van der Waals surface area contributed by atoms with E-state index in [1.54, 1.807) is 24.2 Å². The van der Waals surface area contributed by atoms with Crippen molar-refractivity contribution in [2.24, 2.45) is 5.92 Å². The summed E-state index contributed by atoms with van der Waals surface area (Å²) in [5.74, 6) is -0.0222. The van der Waals surface area contributed by atoms with Crippen LogP contribution in [0.1, 0.15) is 30.4 Å². The van der Waals surface area contributed by atoms with Crippen LogP contribution in [0.3, 0.4) is 0 Å². The molecule has 0 bridgehead atoms. The Morgan fingerprint density at radius 3 is 2.90 bits per heavy atom. The number of pyridine rings is 1. The number of nitrogens with zero attached hydrogens (tertiary/aromatic N) is 2. The zero-order chi connectivity index (χ0) is 21.1. The highest BCUT2D eigenvalue weighted by molar-refractivity contribution is 8.04. The van der Waals surface area contributed by atoms with Gasteiger partial charge in [0.15, 0.2) is 0 Å². The van der Waals surface area contributed by atoms with Crippen LogP contribution in [0, 0.1) is 5.92 Å². The maximum atomic E-state index is 13.0. The average Bonchev–Trinajstić information content (AvgIpc) is 2.77. The number of benzene rings is 1. The fraction of sp³-hybridized carbons (Fsp3) is 0.348. The number of hydrogen-bond donors (Lipinski definition) is 1. The van der Waals surface area contributed by atoms with E-state index in [1.807, 2.05) is 54.4 Å². The van der Waals surface area contributed by atoms with Gasteiger partial charge in [-0.1, -0.05) is 35.9 Å². The van der Waals surface area contributed by atoms with E-state index in [0.717, 1.165) is 24.0 Å². The van der Waals surface area contributed by atoms with E-state index in [9.17, 15) is 9.59 Å². The van der Waals surface area contributed by atoms with Crippen molar-refractivity contribution < 1.29 is 9.59 Å². The Hall–Kier alpha value is -2.31. The molecule has 1 aliphatic heterocycles. The predicted octanol–water partition coefficient (Wildman–Crippen LogP) is 4.13. The van der Waals surface area contributed by atoms with Gasteiger partial charge in [-0.25, -0.2) is 0 Å². The second kappa shape index (κ2) is 9.23. The Morgan fingerprint density at radius 2 is 2.13 bits per heavy atom. The molecule has 7 heteroatoms. The lowest BCUT2D eigenvalue weighted by Crippen LogP contribution is -2.52. The number of likely N-dealkylation sites (N-methyl/N-ethyl adjacent to an activating group) is 1. The van der Waals surface area contributed by atoms with Gasteiger partial charge in [0.25, 0.3) is 5.91 Å². The van der Waals surface area contributed by atoms with E-state index < -0.39 is 0 Å². The number of hydrogen-bond acceptors (Lipinski definition) is 4. The van der Waals surface area contributed by atoms with Crippen LogP contribution < -0.4 is 5.32 Å². The molecule has 3 atom stereocenters. The second-order valence-electron chi connectivity index (χ2n) is 7.76. The summed E-state index contributed by atoms with van der Waals surface area (Å²) in [7, 11) is 1.84. The Kier molecular flexibility index (Phi) is 6.44. The molecular weight excluding hydrogens is 418 g/mol. The third kappa shape index (κ3) is 4.55. The van der Waals surface area contributed by atoms with Gasteiger partial charge < -0.3 is 10.2 Å². The summed E-state index contributed by atoms with van der Waals surface area (Å²) in [6.45, 7) is 0.478. The van der Waals surface area contributed by atoms with Crippen LogP contribution in [0.4, 0.5) is 0 Å². The molecule has 30 heavy (non-hydrogen) atoms. The van der Waals surface area contributed by atoms with Gasteiger partial charge in [0.1, 0.15) is 0 Å². The van der Waals surface area contributed by atoms with Crippen LogP contribution >= 0.6 is 23.4 Å². The lowest BCUT2D eigenvalue weighted by Gasteiger charge is -2.44. The molecule has 2 amide bonds. The number of carbonyl (C=O) groups is 2. The molecule has 2 aliphatic rings. The van der Waals surface area contributed by atoms with Crippen LogP contribution in [0.2, 0.25) is 5.02 Å². The first-order chi connectivity index (χ1) is 14.5. The van der Waals surface area contributed by atoms with E-state index in [0.29, 0.717) is 28.1 Å². The summed E-state index contributed by atoms with van der Waals surface area (Å²) < 4.78 is 0. The molecule has 2 fully saturated rings. The summed E-state index contributed by atoms with van der Waals surface area (Å²) in [4.78, 5) is 32.3. The second-order valence-corrected chi connectivity index (χ2v) is 9.45. The smallest absolute Gasteiger partial charge is 0.260 e. The van der Waals surface area contributed by atoms with Crippen LogP contribution in [0.5, 0.6) is 0 Å². The molecule has 1 saturated heterocycles. The predicted molar refractivity (Wildman–Crippen MR) is 121 cm³/mol. The molecule has 3 unspecified atom stereocenters. The van der Waals surface area contributed by atoms with Crippen LogP contribution in [-0.2, 0) is 16.1 Å². The van der Waals surface area contributed by atoms with Gasteiger partial charge in [0, 0.05) is 48.2 Å². The van der Waals surface area contributed by atoms with Gasteiger partial charge in [-0.2, -0.15) is 0 Å². The Balaban J connectivity index is 1.41. The molecule has 0 spiro atoms. The van der Waals surface area contributed by atoms with Gasteiger partial charge >= 0.3 is 0 Å². The molecule has 1 saturated carbocycles. The highest BCUT2D eigenvalue weighted by atomic mass is 35.5. The summed E-state index contributed by atoms with van der Waals surface area (Å²) in [5.41, 5.74) is 1.83. The van der Waals surface area contributed by atoms with E-state index >= 15 is 0 Å². The minimum Gasteiger partial charge on any atom is -0.352 e.